The Morgan fingerprint density at radius 2 is 1.82 bits per heavy atom. The summed E-state index contributed by atoms with van der Waals surface area (Å²) in [6.07, 6.45) is 4.14. The summed E-state index contributed by atoms with van der Waals surface area (Å²) in [4.78, 5) is 33.9. The molecule has 9 nitrogen and oxygen atoms in total. The first-order chi connectivity index (χ1) is 16.2. The quantitative estimate of drug-likeness (QED) is 0.188. The summed E-state index contributed by atoms with van der Waals surface area (Å²) < 4.78 is 16.4. The van der Waals surface area contributed by atoms with E-state index < -0.39 is 0 Å². The van der Waals surface area contributed by atoms with Crippen molar-refractivity contribution in [1.82, 2.24) is 16.0 Å². The van der Waals surface area contributed by atoms with E-state index in [1.165, 1.54) is 0 Å². The first-order valence-corrected chi connectivity index (χ1v) is 12.5. The Bertz CT molecular complexity index is 763. The molecule has 2 heterocycles. The van der Waals surface area contributed by atoms with Gasteiger partial charge in [-0.3, -0.25) is 9.59 Å². The van der Waals surface area contributed by atoms with Gasteiger partial charge in [-0.2, -0.15) is 11.8 Å². The minimum absolute atomic E-state index is 0.0426. The second-order valence-electron chi connectivity index (χ2n) is 7.98. The zero-order valence-corrected chi connectivity index (χ0v) is 19.6. The lowest BCUT2D eigenvalue weighted by Gasteiger charge is -2.16. The molecule has 3 amide bonds. The van der Waals surface area contributed by atoms with Crippen LogP contribution in [0.15, 0.2) is 24.3 Å². The van der Waals surface area contributed by atoms with Gasteiger partial charge in [0.05, 0.1) is 38.5 Å². The highest BCUT2D eigenvalue weighted by Crippen LogP contribution is 2.33. The van der Waals surface area contributed by atoms with Crippen LogP contribution < -0.4 is 20.7 Å². The summed E-state index contributed by atoms with van der Waals surface area (Å²) in [5.74, 6) is 1.70. The van der Waals surface area contributed by atoms with Crippen LogP contribution in [-0.2, 0) is 14.3 Å². The Balaban J connectivity index is 1.08. The third-order valence-corrected chi connectivity index (χ3v) is 7.04. The van der Waals surface area contributed by atoms with Gasteiger partial charge in [0, 0.05) is 29.5 Å². The Labute approximate surface area is 198 Å². The fraction of sp³-hybridized carbons (Fsp3) is 0.609. The minimum atomic E-state index is -0.0589. The molecule has 3 atom stereocenters. The van der Waals surface area contributed by atoms with Gasteiger partial charge in [-0.1, -0.05) is 6.42 Å². The number of urea groups is 1. The number of fused-ring (bicyclic) bond motifs is 1. The number of hydrogen-bond acceptors (Lipinski definition) is 7. The Kier molecular flexibility index (Phi) is 10.8. The highest BCUT2D eigenvalue weighted by Gasteiger charge is 2.42. The third kappa shape index (κ3) is 8.87. The molecule has 0 aromatic heterocycles. The van der Waals surface area contributed by atoms with Crippen LogP contribution in [0, 0.1) is 0 Å². The number of carbonyl (C=O) groups is 3. The average molecular weight is 480 g/mol. The zero-order chi connectivity index (χ0) is 23.3. The van der Waals surface area contributed by atoms with Gasteiger partial charge in [-0.05, 0) is 37.1 Å². The Morgan fingerprint density at radius 3 is 2.61 bits per heavy atom. The summed E-state index contributed by atoms with van der Waals surface area (Å²) in [7, 11) is 0. The number of ether oxygens (including phenoxy) is 3. The SMILES string of the molecule is O=Cc1ccc(OCCOCCOCCNC(=O)CCCCC2SCC3NC(=O)NC32)cc1. The van der Waals surface area contributed by atoms with Crippen LogP contribution in [0.3, 0.4) is 0 Å². The van der Waals surface area contributed by atoms with Crippen LogP contribution in [0.1, 0.15) is 36.0 Å². The predicted octanol–water partition coefficient (Wildman–Crippen LogP) is 1.75. The van der Waals surface area contributed by atoms with Gasteiger partial charge in [0.1, 0.15) is 18.6 Å². The monoisotopic (exact) mass is 479 g/mol. The Morgan fingerprint density at radius 1 is 1.06 bits per heavy atom. The molecule has 0 aliphatic carbocycles. The van der Waals surface area contributed by atoms with Crippen molar-refractivity contribution >= 4 is 30.0 Å². The number of carbonyl (C=O) groups excluding carboxylic acids is 3. The molecule has 3 unspecified atom stereocenters. The molecule has 10 heteroatoms. The number of hydrogen-bond donors (Lipinski definition) is 3. The molecule has 1 aromatic carbocycles. The molecule has 2 fully saturated rings. The fourth-order valence-electron chi connectivity index (χ4n) is 3.81. The van der Waals surface area contributed by atoms with Crippen LogP contribution in [0.4, 0.5) is 4.79 Å². The Hall–Kier alpha value is -2.30. The van der Waals surface area contributed by atoms with Gasteiger partial charge in [0.25, 0.3) is 0 Å². The van der Waals surface area contributed by atoms with Crippen molar-refractivity contribution in [1.29, 1.82) is 0 Å². The summed E-state index contributed by atoms with van der Waals surface area (Å²) in [6.45, 7) is 2.71. The molecule has 0 spiro atoms. The van der Waals surface area contributed by atoms with Crippen molar-refractivity contribution in [2.24, 2.45) is 0 Å². The second kappa shape index (κ2) is 14.1. The van der Waals surface area contributed by atoms with Gasteiger partial charge < -0.3 is 30.2 Å². The maximum atomic E-state index is 11.9. The predicted molar refractivity (Wildman–Crippen MR) is 126 cm³/mol. The van der Waals surface area contributed by atoms with Gasteiger partial charge >= 0.3 is 6.03 Å². The molecular formula is C23H33N3O6S. The van der Waals surface area contributed by atoms with Crippen LogP contribution in [0.2, 0.25) is 0 Å². The number of rotatable bonds is 16. The van der Waals surface area contributed by atoms with Crippen molar-refractivity contribution in [3.05, 3.63) is 29.8 Å². The third-order valence-electron chi connectivity index (χ3n) is 5.53. The smallest absolute Gasteiger partial charge is 0.315 e. The lowest BCUT2D eigenvalue weighted by molar-refractivity contribution is -0.121. The van der Waals surface area contributed by atoms with Crippen molar-refractivity contribution in [3.63, 3.8) is 0 Å². The first-order valence-electron chi connectivity index (χ1n) is 11.4. The summed E-state index contributed by atoms with van der Waals surface area (Å²) >= 11 is 1.90. The minimum Gasteiger partial charge on any atom is -0.491 e. The van der Waals surface area contributed by atoms with E-state index in [-0.39, 0.29) is 24.0 Å². The normalized spacial score (nSPS) is 21.2. The maximum Gasteiger partial charge on any atom is 0.315 e. The molecule has 1 aromatic rings. The number of aldehydes is 1. The molecule has 3 rings (SSSR count). The molecule has 2 saturated heterocycles. The highest BCUT2D eigenvalue weighted by atomic mass is 32.2. The van der Waals surface area contributed by atoms with E-state index in [0.29, 0.717) is 62.6 Å². The van der Waals surface area contributed by atoms with Crippen LogP contribution in [0.5, 0.6) is 5.75 Å². The maximum absolute atomic E-state index is 11.9. The van der Waals surface area contributed by atoms with Crippen LogP contribution >= 0.6 is 11.8 Å². The summed E-state index contributed by atoms with van der Waals surface area (Å²) in [5, 5.41) is 9.25. The largest absolute Gasteiger partial charge is 0.491 e. The fourth-order valence-corrected chi connectivity index (χ4v) is 5.35. The number of benzene rings is 1. The molecule has 0 saturated carbocycles. The van der Waals surface area contributed by atoms with E-state index in [1.54, 1.807) is 24.3 Å². The summed E-state index contributed by atoms with van der Waals surface area (Å²) in [6, 6.07) is 7.33. The molecule has 3 N–H and O–H groups in total. The number of unbranched alkanes of at least 4 members (excludes halogenated alkanes) is 1. The van der Waals surface area contributed by atoms with Crippen molar-refractivity contribution in [3.8, 4) is 5.75 Å². The summed E-state index contributed by atoms with van der Waals surface area (Å²) in [5.41, 5.74) is 0.614. The molecule has 2 aliphatic rings. The highest BCUT2D eigenvalue weighted by molar-refractivity contribution is 8.00. The number of thioether (sulfide) groups is 1. The van der Waals surface area contributed by atoms with E-state index in [2.05, 4.69) is 16.0 Å². The number of nitrogens with one attached hydrogen (secondary N) is 3. The molecule has 33 heavy (non-hydrogen) atoms. The lowest BCUT2D eigenvalue weighted by atomic mass is 10.0. The average Bonchev–Trinajstić information content (AvgIpc) is 3.37. The van der Waals surface area contributed by atoms with Crippen LogP contribution in [-0.4, -0.2) is 80.9 Å². The van der Waals surface area contributed by atoms with Crippen molar-refractivity contribution in [2.75, 3.05) is 45.3 Å². The zero-order valence-electron chi connectivity index (χ0n) is 18.8. The van der Waals surface area contributed by atoms with Crippen molar-refractivity contribution < 1.29 is 28.6 Å². The molecular weight excluding hydrogens is 446 g/mol. The first kappa shape index (κ1) is 25.3. The molecule has 0 radical (unpaired) electrons. The second-order valence-corrected chi connectivity index (χ2v) is 9.25. The van der Waals surface area contributed by atoms with E-state index in [0.717, 1.165) is 31.3 Å². The van der Waals surface area contributed by atoms with Gasteiger partial charge in [0.15, 0.2) is 0 Å². The van der Waals surface area contributed by atoms with Gasteiger partial charge in [-0.15, -0.1) is 0 Å². The van der Waals surface area contributed by atoms with Crippen LogP contribution in [0.25, 0.3) is 0 Å². The van der Waals surface area contributed by atoms with Gasteiger partial charge in [0.2, 0.25) is 5.91 Å². The van der Waals surface area contributed by atoms with E-state index in [1.807, 2.05) is 11.8 Å². The molecule has 0 bridgehead atoms. The lowest BCUT2D eigenvalue weighted by Crippen LogP contribution is -2.36. The van der Waals surface area contributed by atoms with E-state index in [9.17, 15) is 14.4 Å². The van der Waals surface area contributed by atoms with Gasteiger partial charge in [-0.25, -0.2) is 4.79 Å². The topological polar surface area (TPSA) is 115 Å². The van der Waals surface area contributed by atoms with Crippen molar-refractivity contribution in [2.45, 2.75) is 43.0 Å². The molecule has 2 aliphatic heterocycles. The number of amides is 3. The standard InChI is InChI=1S/C23H33N3O6S/c27-15-17-5-7-18(8-6-17)32-14-13-31-12-11-30-10-9-24-21(28)4-2-1-3-20-22-19(16-33-20)25-23(29)26-22/h5-8,15,19-20,22H,1-4,9-14,16H2,(H,24,28)(H2,25,26,29). The molecule has 182 valence electrons. The van der Waals surface area contributed by atoms with E-state index >= 15 is 0 Å². The van der Waals surface area contributed by atoms with E-state index in [4.69, 9.17) is 14.2 Å².